The predicted octanol–water partition coefficient (Wildman–Crippen LogP) is 5.30. The molecule has 37 heavy (non-hydrogen) atoms. The maximum Gasteiger partial charge on any atom is 0.248 e. The number of rotatable bonds is 9. The van der Waals surface area contributed by atoms with Crippen LogP contribution in [0.25, 0.3) is 10.8 Å². The number of aliphatic imine (C=N–C) groups is 1. The van der Waals surface area contributed by atoms with Gasteiger partial charge in [-0.05, 0) is 28.8 Å². The number of imidazole rings is 1. The molecule has 0 N–H and O–H groups in total. The highest BCUT2D eigenvalue weighted by molar-refractivity contribution is 8.14. The van der Waals surface area contributed by atoms with Gasteiger partial charge >= 0.3 is 0 Å². The third-order valence-corrected chi connectivity index (χ3v) is 8.11. The lowest BCUT2D eigenvalue weighted by Crippen LogP contribution is -2.38. The molecule has 1 amide bonds. The number of ether oxygens (including phenoxy) is 1. The Bertz CT molecular complexity index is 1410. The Morgan fingerprint density at radius 2 is 1.86 bits per heavy atom. The van der Waals surface area contributed by atoms with E-state index in [0.717, 1.165) is 22.8 Å². The SMILES string of the molecule is COCCN(C)C(=O)C1N=C(Cc2cncn2Cc2ccc(C)cc2)SC1c1cccc2ccccc12. The van der Waals surface area contributed by atoms with Gasteiger partial charge in [-0.25, -0.2) is 4.98 Å². The average molecular weight is 513 g/mol. The summed E-state index contributed by atoms with van der Waals surface area (Å²) in [6.45, 7) is 3.88. The van der Waals surface area contributed by atoms with Crippen LogP contribution in [0.5, 0.6) is 0 Å². The molecule has 190 valence electrons. The van der Waals surface area contributed by atoms with E-state index in [-0.39, 0.29) is 11.2 Å². The van der Waals surface area contributed by atoms with Crippen molar-refractivity contribution in [3.63, 3.8) is 0 Å². The quantitative estimate of drug-likeness (QED) is 0.306. The van der Waals surface area contributed by atoms with Crippen molar-refractivity contribution in [2.45, 2.75) is 31.2 Å². The van der Waals surface area contributed by atoms with E-state index < -0.39 is 6.04 Å². The number of fused-ring (bicyclic) bond motifs is 1. The number of likely N-dealkylation sites (N-methyl/N-ethyl adjacent to an activating group) is 1. The van der Waals surface area contributed by atoms with Gasteiger partial charge in [0.1, 0.15) is 6.04 Å². The van der Waals surface area contributed by atoms with E-state index in [0.29, 0.717) is 19.6 Å². The highest BCUT2D eigenvalue weighted by Crippen LogP contribution is 2.44. The van der Waals surface area contributed by atoms with Crippen molar-refractivity contribution in [3.8, 4) is 0 Å². The van der Waals surface area contributed by atoms with Crippen LogP contribution in [0.3, 0.4) is 0 Å². The molecule has 1 aromatic heterocycles. The van der Waals surface area contributed by atoms with Crippen LogP contribution >= 0.6 is 11.8 Å². The van der Waals surface area contributed by atoms with Gasteiger partial charge in [0, 0.05) is 45.6 Å². The molecular formula is C30H32N4O2S. The Morgan fingerprint density at radius 1 is 1.08 bits per heavy atom. The Labute approximate surface area is 222 Å². The Balaban J connectivity index is 1.43. The van der Waals surface area contributed by atoms with Crippen LogP contribution in [0.15, 0.2) is 84.2 Å². The zero-order valence-electron chi connectivity index (χ0n) is 21.5. The third-order valence-electron chi connectivity index (χ3n) is 6.83. The molecule has 2 atom stereocenters. The summed E-state index contributed by atoms with van der Waals surface area (Å²) < 4.78 is 7.38. The first-order valence-corrected chi connectivity index (χ1v) is 13.4. The first-order valence-electron chi connectivity index (χ1n) is 12.5. The molecule has 6 nitrogen and oxygen atoms in total. The molecule has 0 saturated heterocycles. The van der Waals surface area contributed by atoms with Crippen molar-refractivity contribution in [3.05, 3.63) is 102 Å². The van der Waals surface area contributed by atoms with E-state index in [2.05, 4.69) is 77.1 Å². The predicted molar refractivity (Wildman–Crippen MR) is 151 cm³/mol. The smallest absolute Gasteiger partial charge is 0.248 e. The molecule has 0 bridgehead atoms. The molecule has 0 spiro atoms. The topological polar surface area (TPSA) is 59.7 Å². The molecule has 5 rings (SSSR count). The normalized spacial score (nSPS) is 17.2. The number of methoxy groups -OCH3 is 1. The molecule has 4 aromatic rings. The van der Waals surface area contributed by atoms with Crippen LogP contribution < -0.4 is 0 Å². The summed E-state index contributed by atoms with van der Waals surface area (Å²) in [6, 6.07) is 22.8. The van der Waals surface area contributed by atoms with Crippen LogP contribution in [0, 0.1) is 6.92 Å². The average Bonchev–Trinajstić information content (AvgIpc) is 3.54. The summed E-state index contributed by atoms with van der Waals surface area (Å²) in [4.78, 5) is 24.8. The first kappa shape index (κ1) is 25.2. The van der Waals surface area contributed by atoms with E-state index in [1.807, 2.05) is 25.6 Å². The lowest BCUT2D eigenvalue weighted by atomic mass is 9.98. The minimum absolute atomic E-state index is 0.0191. The number of nitrogens with zero attached hydrogens (tertiary/aromatic N) is 4. The molecule has 0 fully saturated rings. The van der Waals surface area contributed by atoms with Gasteiger partial charge in [0.05, 0.1) is 23.2 Å². The number of aryl methyl sites for hydroxylation is 1. The highest BCUT2D eigenvalue weighted by atomic mass is 32.2. The van der Waals surface area contributed by atoms with Crippen molar-refractivity contribution >= 4 is 33.5 Å². The van der Waals surface area contributed by atoms with E-state index in [9.17, 15) is 4.79 Å². The number of carbonyl (C=O) groups excluding carboxylic acids is 1. The van der Waals surface area contributed by atoms with Crippen LogP contribution in [-0.2, 0) is 22.5 Å². The minimum Gasteiger partial charge on any atom is -0.383 e. The van der Waals surface area contributed by atoms with E-state index in [1.54, 1.807) is 23.8 Å². The molecule has 1 aliphatic heterocycles. The number of carbonyl (C=O) groups is 1. The maximum atomic E-state index is 13.6. The molecule has 0 aliphatic carbocycles. The summed E-state index contributed by atoms with van der Waals surface area (Å²) in [5.74, 6) is 0.0191. The van der Waals surface area contributed by atoms with Crippen LogP contribution in [0.4, 0.5) is 0 Å². The second-order valence-corrected chi connectivity index (χ2v) is 10.7. The molecule has 2 heterocycles. The third kappa shape index (κ3) is 5.63. The van der Waals surface area contributed by atoms with Gasteiger partial charge in [0.15, 0.2) is 0 Å². The molecular weight excluding hydrogens is 480 g/mol. The van der Waals surface area contributed by atoms with E-state index in [4.69, 9.17) is 9.73 Å². The maximum absolute atomic E-state index is 13.6. The Kier molecular flexibility index (Phi) is 7.72. The van der Waals surface area contributed by atoms with E-state index >= 15 is 0 Å². The number of thioether (sulfide) groups is 1. The zero-order valence-corrected chi connectivity index (χ0v) is 22.3. The van der Waals surface area contributed by atoms with Gasteiger partial charge in [-0.1, -0.05) is 84.1 Å². The molecule has 0 saturated carbocycles. The fourth-order valence-electron chi connectivity index (χ4n) is 4.72. The Hall–Kier alpha value is -3.42. The molecule has 0 radical (unpaired) electrons. The molecule has 2 unspecified atom stereocenters. The largest absolute Gasteiger partial charge is 0.383 e. The molecule has 3 aromatic carbocycles. The standard InChI is InChI=1S/C30H32N4O2S/c1-21-11-13-22(14-12-21)19-34-20-31-18-24(34)17-27-32-28(30(35)33(2)15-16-36-3)29(37-27)26-10-6-8-23-7-4-5-9-25(23)26/h4-14,18,20,28-29H,15-17,19H2,1-3H3. The van der Waals surface area contributed by atoms with Crippen molar-refractivity contribution in [2.75, 3.05) is 27.3 Å². The van der Waals surface area contributed by atoms with Gasteiger partial charge in [-0.3, -0.25) is 9.79 Å². The van der Waals surface area contributed by atoms with Gasteiger partial charge in [0.2, 0.25) is 5.91 Å². The van der Waals surface area contributed by atoms with Gasteiger partial charge < -0.3 is 14.2 Å². The lowest BCUT2D eigenvalue weighted by Gasteiger charge is -2.24. The van der Waals surface area contributed by atoms with Gasteiger partial charge in [-0.15, -0.1) is 0 Å². The monoisotopic (exact) mass is 512 g/mol. The van der Waals surface area contributed by atoms with Gasteiger partial charge in [0.25, 0.3) is 0 Å². The number of hydrogen-bond acceptors (Lipinski definition) is 5. The fraction of sp³-hybridized carbons (Fsp3) is 0.300. The highest BCUT2D eigenvalue weighted by Gasteiger charge is 2.38. The van der Waals surface area contributed by atoms with Crippen LogP contribution in [-0.4, -0.2) is 58.8 Å². The molecule has 7 heteroatoms. The minimum atomic E-state index is -0.485. The lowest BCUT2D eigenvalue weighted by molar-refractivity contribution is -0.131. The summed E-state index contributed by atoms with van der Waals surface area (Å²) in [5, 5.41) is 3.21. The first-order chi connectivity index (χ1) is 18.0. The van der Waals surface area contributed by atoms with Gasteiger partial charge in [-0.2, -0.15) is 0 Å². The number of aromatic nitrogens is 2. The fourth-order valence-corrected chi connectivity index (χ4v) is 6.05. The number of benzene rings is 3. The number of hydrogen-bond donors (Lipinski definition) is 0. The zero-order chi connectivity index (χ0) is 25.8. The summed E-state index contributed by atoms with van der Waals surface area (Å²) in [5.41, 5.74) is 4.71. The summed E-state index contributed by atoms with van der Waals surface area (Å²) in [6.07, 6.45) is 4.42. The van der Waals surface area contributed by atoms with Crippen LogP contribution in [0.2, 0.25) is 0 Å². The second kappa shape index (κ2) is 11.3. The number of amides is 1. The van der Waals surface area contributed by atoms with E-state index in [1.165, 1.54) is 21.9 Å². The van der Waals surface area contributed by atoms with Crippen molar-refractivity contribution in [1.29, 1.82) is 0 Å². The molecule has 1 aliphatic rings. The van der Waals surface area contributed by atoms with Crippen LogP contribution in [0.1, 0.15) is 27.6 Å². The van der Waals surface area contributed by atoms with Crippen molar-refractivity contribution in [1.82, 2.24) is 14.5 Å². The van der Waals surface area contributed by atoms with Crippen molar-refractivity contribution in [2.24, 2.45) is 4.99 Å². The summed E-state index contributed by atoms with van der Waals surface area (Å²) >= 11 is 1.70. The second-order valence-electron chi connectivity index (χ2n) is 9.50. The Morgan fingerprint density at radius 3 is 2.68 bits per heavy atom. The summed E-state index contributed by atoms with van der Waals surface area (Å²) in [7, 11) is 3.48. The van der Waals surface area contributed by atoms with Crippen molar-refractivity contribution < 1.29 is 9.53 Å².